The summed E-state index contributed by atoms with van der Waals surface area (Å²) in [6.07, 6.45) is 0. The summed E-state index contributed by atoms with van der Waals surface area (Å²) in [4.78, 5) is 11.9. The molecular weight excluding hydrogens is 332 g/mol. The van der Waals surface area contributed by atoms with E-state index in [4.69, 9.17) is 5.84 Å². The van der Waals surface area contributed by atoms with Gasteiger partial charge in [0.25, 0.3) is 5.91 Å². The summed E-state index contributed by atoms with van der Waals surface area (Å²) in [7, 11) is 0. The van der Waals surface area contributed by atoms with Gasteiger partial charge >= 0.3 is 0 Å². The molecule has 2 aromatic rings. The minimum atomic E-state index is -0.937. The van der Waals surface area contributed by atoms with Crippen LogP contribution in [0, 0.1) is 11.6 Å². The van der Waals surface area contributed by atoms with Gasteiger partial charge in [-0.1, -0.05) is 15.9 Å². The number of nitrogen functional groups attached to an aromatic ring is 1. The van der Waals surface area contributed by atoms with Crippen LogP contribution < -0.4 is 16.6 Å². The minimum absolute atomic E-state index is 0.137. The van der Waals surface area contributed by atoms with Crippen molar-refractivity contribution >= 4 is 33.2 Å². The van der Waals surface area contributed by atoms with Crippen molar-refractivity contribution in [2.45, 2.75) is 0 Å². The van der Waals surface area contributed by atoms with E-state index in [0.717, 1.165) is 16.6 Å². The van der Waals surface area contributed by atoms with Crippen molar-refractivity contribution in [1.82, 2.24) is 0 Å². The molecule has 1 amide bonds. The van der Waals surface area contributed by atoms with Gasteiger partial charge < -0.3 is 10.7 Å². The summed E-state index contributed by atoms with van der Waals surface area (Å²) in [5.74, 6) is 2.49. The maximum atomic E-state index is 13.5. The maximum absolute atomic E-state index is 13.5. The van der Waals surface area contributed by atoms with Crippen molar-refractivity contribution < 1.29 is 13.6 Å². The van der Waals surface area contributed by atoms with Crippen LogP contribution in [0.3, 0.4) is 0 Å². The zero-order valence-electron chi connectivity index (χ0n) is 10.1. The molecule has 0 saturated carbocycles. The topological polar surface area (TPSA) is 67.1 Å². The number of carbonyl (C=O) groups is 1. The number of halogens is 3. The van der Waals surface area contributed by atoms with Gasteiger partial charge in [-0.2, -0.15) is 0 Å². The molecule has 4 N–H and O–H groups in total. The second kappa shape index (κ2) is 5.98. The summed E-state index contributed by atoms with van der Waals surface area (Å²) in [6.45, 7) is 0. The highest BCUT2D eigenvalue weighted by Gasteiger charge is 2.14. The molecule has 0 unspecified atom stereocenters. The van der Waals surface area contributed by atoms with Crippen molar-refractivity contribution in [3.8, 4) is 0 Å². The summed E-state index contributed by atoms with van der Waals surface area (Å²) >= 11 is 3.26. The summed E-state index contributed by atoms with van der Waals surface area (Å²) in [6, 6.07) is 8.60. The normalized spacial score (nSPS) is 10.2. The van der Waals surface area contributed by atoms with Crippen molar-refractivity contribution in [3.63, 3.8) is 0 Å². The zero-order valence-corrected chi connectivity index (χ0v) is 11.7. The van der Waals surface area contributed by atoms with Crippen LogP contribution in [0.25, 0.3) is 0 Å². The number of amides is 1. The van der Waals surface area contributed by atoms with E-state index < -0.39 is 23.2 Å². The van der Waals surface area contributed by atoms with Crippen molar-refractivity contribution in [2.24, 2.45) is 5.84 Å². The fourth-order valence-corrected chi connectivity index (χ4v) is 1.84. The predicted octanol–water partition coefficient (Wildman–Crippen LogP) is 3.27. The first-order valence-electron chi connectivity index (χ1n) is 5.54. The third-order valence-corrected chi connectivity index (χ3v) is 3.08. The molecule has 4 nitrogen and oxygen atoms in total. The Balaban J connectivity index is 2.23. The molecule has 2 rings (SSSR count). The van der Waals surface area contributed by atoms with E-state index in [1.54, 1.807) is 24.3 Å². The molecule has 0 radical (unpaired) electrons. The number of anilines is 2. The number of benzene rings is 2. The van der Waals surface area contributed by atoms with Crippen LogP contribution in [0.1, 0.15) is 10.4 Å². The van der Waals surface area contributed by atoms with Gasteiger partial charge in [0.05, 0.1) is 0 Å². The molecule has 0 aliphatic carbocycles. The molecule has 0 aliphatic rings. The smallest absolute Gasteiger partial charge is 0.255 e. The van der Waals surface area contributed by atoms with E-state index in [9.17, 15) is 13.6 Å². The van der Waals surface area contributed by atoms with Crippen LogP contribution in [0.5, 0.6) is 0 Å². The van der Waals surface area contributed by atoms with Crippen LogP contribution in [0.15, 0.2) is 40.9 Å². The van der Waals surface area contributed by atoms with Crippen LogP contribution in [0.4, 0.5) is 20.2 Å². The monoisotopic (exact) mass is 341 g/mol. The van der Waals surface area contributed by atoms with Gasteiger partial charge in [0.15, 0.2) is 11.6 Å². The molecule has 0 bridgehead atoms. The Bertz CT molecular complexity index is 624. The van der Waals surface area contributed by atoms with Crippen molar-refractivity contribution in [3.05, 3.63) is 58.1 Å². The summed E-state index contributed by atoms with van der Waals surface area (Å²) < 4.78 is 27.8. The van der Waals surface area contributed by atoms with E-state index >= 15 is 0 Å². The minimum Gasteiger partial charge on any atom is -0.322 e. The van der Waals surface area contributed by atoms with E-state index in [1.165, 1.54) is 0 Å². The van der Waals surface area contributed by atoms with Gasteiger partial charge in [-0.05, 0) is 36.4 Å². The third kappa shape index (κ3) is 3.12. The lowest BCUT2D eigenvalue weighted by molar-refractivity contribution is 0.102. The Morgan fingerprint density at radius 3 is 2.15 bits per heavy atom. The Morgan fingerprint density at radius 1 is 1.10 bits per heavy atom. The molecule has 7 heteroatoms. The fraction of sp³-hybridized carbons (Fsp3) is 0. The lowest BCUT2D eigenvalue weighted by Gasteiger charge is -2.08. The first-order valence-corrected chi connectivity index (χ1v) is 6.33. The second-order valence-electron chi connectivity index (χ2n) is 3.92. The lowest BCUT2D eigenvalue weighted by Crippen LogP contribution is -2.15. The molecule has 2 aromatic carbocycles. The molecule has 0 heterocycles. The number of nitrogens with one attached hydrogen (secondary N) is 2. The Morgan fingerprint density at radius 2 is 1.65 bits per heavy atom. The van der Waals surface area contributed by atoms with Gasteiger partial charge in [-0.3, -0.25) is 10.6 Å². The molecule has 0 aromatic heterocycles. The molecule has 0 aliphatic heterocycles. The lowest BCUT2D eigenvalue weighted by atomic mass is 10.1. The van der Waals surface area contributed by atoms with Crippen LogP contribution in [0.2, 0.25) is 0 Å². The largest absolute Gasteiger partial charge is 0.322 e. The average molecular weight is 342 g/mol. The second-order valence-corrected chi connectivity index (χ2v) is 4.84. The molecule has 0 spiro atoms. The molecular formula is C13H10BrF2N3O. The standard InChI is InChI=1S/C13H10BrF2N3O/c14-8-1-3-9(4-2-8)18-13(20)7-5-10(15)12(19-17)11(16)6-7/h1-6,19H,17H2,(H,18,20). The fourth-order valence-electron chi connectivity index (χ4n) is 1.58. The summed E-state index contributed by atoms with van der Waals surface area (Å²) in [5.41, 5.74) is 1.79. The molecule has 20 heavy (non-hydrogen) atoms. The molecule has 0 saturated heterocycles. The van der Waals surface area contributed by atoms with Gasteiger partial charge in [0.2, 0.25) is 0 Å². The van der Waals surface area contributed by atoms with Gasteiger partial charge in [0.1, 0.15) is 5.69 Å². The van der Waals surface area contributed by atoms with Gasteiger partial charge in [-0.15, -0.1) is 0 Å². The van der Waals surface area contributed by atoms with Crippen LogP contribution in [-0.4, -0.2) is 5.91 Å². The van der Waals surface area contributed by atoms with E-state index in [2.05, 4.69) is 21.2 Å². The number of hydrogen-bond donors (Lipinski definition) is 3. The Hall–Kier alpha value is -1.99. The van der Waals surface area contributed by atoms with Crippen LogP contribution >= 0.6 is 15.9 Å². The molecule has 104 valence electrons. The van der Waals surface area contributed by atoms with Crippen molar-refractivity contribution in [2.75, 3.05) is 10.7 Å². The molecule has 0 atom stereocenters. The van der Waals surface area contributed by atoms with Gasteiger partial charge in [-0.25, -0.2) is 8.78 Å². The SMILES string of the molecule is NNc1c(F)cc(C(=O)Nc2ccc(Br)cc2)cc1F. The highest BCUT2D eigenvalue weighted by Crippen LogP contribution is 2.21. The number of hydrogen-bond acceptors (Lipinski definition) is 3. The van der Waals surface area contributed by atoms with E-state index in [-0.39, 0.29) is 5.56 Å². The van der Waals surface area contributed by atoms with E-state index in [0.29, 0.717) is 5.69 Å². The van der Waals surface area contributed by atoms with E-state index in [1.807, 2.05) is 5.43 Å². The van der Waals surface area contributed by atoms with Gasteiger partial charge in [0, 0.05) is 15.7 Å². The van der Waals surface area contributed by atoms with Crippen molar-refractivity contribution in [1.29, 1.82) is 0 Å². The number of carbonyl (C=O) groups excluding carboxylic acids is 1. The van der Waals surface area contributed by atoms with Crippen LogP contribution in [-0.2, 0) is 0 Å². The highest BCUT2D eigenvalue weighted by atomic mass is 79.9. The zero-order chi connectivity index (χ0) is 14.7. The quantitative estimate of drug-likeness (QED) is 0.592. The highest BCUT2D eigenvalue weighted by molar-refractivity contribution is 9.10. The average Bonchev–Trinajstić information content (AvgIpc) is 2.41. The Kier molecular flexibility index (Phi) is 4.31. The number of rotatable bonds is 3. The Labute approximate surface area is 122 Å². The predicted molar refractivity (Wildman–Crippen MR) is 76.3 cm³/mol. The summed E-state index contributed by atoms with van der Waals surface area (Å²) in [5, 5.41) is 2.53. The third-order valence-electron chi connectivity index (χ3n) is 2.55. The number of hydrazine groups is 1. The first kappa shape index (κ1) is 14.4. The first-order chi connectivity index (χ1) is 9.51. The number of nitrogens with two attached hydrogens (primary N) is 1. The maximum Gasteiger partial charge on any atom is 0.255 e. The molecule has 0 fully saturated rings.